The lowest BCUT2D eigenvalue weighted by molar-refractivity contribution is 0.0993. The minimum Gasteiger partial charge on any atom is -0.496 e. The Labute approximate surface area is 139 Å². The largest absolute Gasteiger partial charge is 0.496 e. The van der Waals surface area contributed by atoms with Crippen LogP contribution in [-0.2, 0) is 6.42 Å². The van der Waals surface area contributed by atoms with Crippen LogP contribution < -0.4 is 4.74 Å². The fourth-order valence-corrected chi connectivity index (χ4v) is 3.14. The molecule has 0 atom stereocenters. The Balaban J connectivity index is 1.79. The van der Waals surface area contributed by atoms with Gasteiger partial charge in [0.1, 0.15) is 10.8 Å². The van der Waals surface area contributed by atoms with Gasteiger partial charge in [-0.15, -0.1) is 11.3 Å². The summed E-state index contributed by atoms with van der Waals surface area (Å²) in [5.74, 6) is 0.875. The summed E-state index contributed by atoms with van der Waals surface area (Å²) in [7, 11) is 1.65. The zero-order valence-corrected chi connectivity index (χ0v) is 13.9. The average Bonchev–Trinajstić information content (AvgIpc) is 3.03. The molecule has 2 aromatic carbocycles. The van der Waals surface area contributed by atoms with E-state index in [4.69, 9.17) is 4.74 Å². The second kappa shape index (κ2) is 6.75. The van der Waals surface area contributed by atoms with E-state index in [2.05, 4.69) is 4.98 Å². The van der Waals surface area contributed by atoms with Crippen molar-refractivity contribution in [3.63, 3.8) is 0 Å². The van der Waals surface area contributed by atoms with Gasteiger partial charge in [-0.25, -0.2) is 4.98 Å². The molecule has 3 aromatic rings. The highest BCUT2D eigenvalue weighted by molar-refractivity contribution is 7.10. The highest BCUT2D eigenvalue weighted by Gasteiger charge is 2.13. The van der Waals surface area contributed by atoms with Gasteiger partial charge in [0.25, 0.3) is 0 Å². The van der Waals surface area contributed by atoms with E-state index in [1.807, 2.05) is 60.8 Å². The van der Waals surface area contributed by atoms with E-state index in [1.165, 1.54) is 11.3 Å². The van der Waals surface area contributed by atoms with E-state index in [9.17, 15) is 4.79 Å². The second-order valence-electron chi connectivity index (χ2n) is 5.29. The number of hydrogen-bond donors (Lipinski definition) is 0. The number of Topliss-reactive ketones (excluding diaryl/α,β-unsaturated/α-hetero) is 1. The highest BCUT2D eigenvalue weighted by Crippen LogP contribution is 2.30. The molecule has 0 bridgehead atoms. The lowest BCUT2D eigenvalue weighted by Gasteiger charge is -2.04. The second-order valence-corrected chi connectivity index (χ2v) is 6.24. The zero-order valence-electron chi connectivity index (χ0n) is 13.1. The Morgan fingerprint density at radius 3 is 2.61 bits per heavy atom. The lowest BCUT2D eigenvalue weighted by Crippen LogP contribution is -2.03. The monoisotopic (exact) mass is 323 g/mol. The van der Waals surface area contributed by atoms with Gasteiger partial charge < -0.3 is 4.74 Å². The SMILES string of the molecule is COc1ccccc1-c1csc(CC(=O)c2ccc(C)cc2)n1. The quantitative estimate of drug-likeness (QED) is 0.647. The fourth-order valence-electron chi connectivity index (χ4n) is 2.35. The van der Waals surface area contributed by atoms with Crippen LogP contribution >= 0.6 is 11.3 Å². The Hall–Kier alpha value is -2.46. The molecule has 1 aromatic heterocycles. The molecule has 3 rings (SSSR count). The number of nitrogens with zero attached hydrogens (tertiary/aromatic N) is 1. The number of carbonyl (C=O) groups excluding carboxylic acids is 1. The van der Waals surface area contributed by atoms with Crippen LogP contribution in [0.25, 0.3) is 11.3 Å². The number of hydrogen-bond acceptors (Lipinski definition) is 4. The van der Waals surface area contributed by atoms with Gasteiger partial charge in [-0.2, -0.15) is 0 Å². The summed E-state index contributed by atoms with van der Waals surface area (Å²) < 4.78 is 5.37. The van der Waals surface area contributed by atoms with Crippen molar-refractivity contribution in [2.45, 2.75) is 13.3 Å². The van der Waals surface area contributed by atoms with Gasteiger partial charge in [-0.3, -0.25) is 4.79 Å². The molecule has 0 saturated heterocycles. The van der Waals surface area contributed by atoms with Crippen LogP contribution in [0.5, 0.6) is 5.75 Å². The van der Waals surface area contributed by atoms with E-state index in [1.54, 1.807) is 7.11 Å². The first-order valence-corrected chi connectivity index (χ1v) is 8.23. The van der Waals surface area contributed by atoms with Crippen LogP contribution in [-0.4, -0.2) is 17.9 Å². The molecule has 0 saturated carbocycles. The third kappa shape index (κ3) is 3.48. The summed E-state index contributed by atoms with van der Waals surface area (Å²) in [6.45, 7) is 2.01. The Morgan fingerprint density at radius 1 is 1.13 bits per heavy atom. The standard InChI is InChI=1S/C19H17NO2S/c1-13-7-9-14(10-8-13)17(21)11-19-20-16(12-23-19)15-5-3-4-6-18(15)22-2/h3-10,12H,11H2,1-2H3. The van der Waals surface area contributed by atoms with Crippen molar-refractivity contribution in [2.75, 3.05) is 7.11 Å². The van der Waals surface area contributed by atoms with Crippen molar-refractivity contribution >= 4 is 17.1 Å². The molecule has 0 amide bonds. The molecule has 0 unspecified atom stereocenters. The molecule has 0 spiro atoms. The summed E-state index contributed by atoms with van der Waals surface area (Å²) in [5.41, 5.74) is 3.67. The van der Waals surface area contributed by atoms with E-state index in [0.717, 1.165) is 33.1 Å². The number of methoxy groups -OCH3 is 1. The molecule has 0 aliphatic carbocycles. The van der Waals surface area contributed by atoms with Crippen LogP contribution in [0.3, 0.4) is 0 Å². The van der Waals surface area contributed by atoms with Gasteiger partial charge in [0.2, 0.25) is 0 Å². The maximum atomic E-state index is 12.3. The summed E-state index contributed by atoms with van der Waals surface area (Å²) >= 11 is 1.50. The fraction of sp³-hybridized carbons (Fsp3) is 0.158. The first-order valence-electron chi connectivity index (χ1n) is 7.35. The smallest absolute Gasteiger partial charge is 0.169 e. The van der Waals surface area contributed by atoms with Crippen LogP contribution in [0.15, 0.2) is 53.9 Å². The normalized spacial score (nSPS) is 10.5. The third-order valence-electron chi connectivity index (χ3n) is 3.62. The molecular weight excluding hydrogens is 306 g/mol. The number of ether oxygens (including phenoxy) is 1. The third-order valence-corrected chi connectivity index (χ3v) is 4.47. The number of rotatable bonds is 5. The Morgan fingerprint density at radius 2 is 1.87 bits per heavy atom. The number of aryl methyl sites for hydroxylation is 1. The number of benzene rings is 2. The summed E-state index contributed by atoms with van der Waals surface area (Å²) in [6.07, 6.45) is 0.322. The summed E-state index contributed by atoms with van der Waals surface area (Å²) in [6, 6.07) is 15.4. The van der Waals surface area contributed by atoms with Crippen molar-refractivity contribution in [1.29, 1.82) is 0 Å². The zero-order chi connectivity index (χ0) is 16.2. The molecule has 4 heteroatoms. The number of ketones is 1. The highest BCUT2D eigenvalue weighted by atomic mass is 32.1. The first kappa shape index (κ1) is 15.4. The lowest BCUT2D eigenvalue weighted by atomic mass is 10.1. The molecule has 0 aliphatic heterocycles. The molecule has 116 valence electrons. The maximum Gasteiger partial charge on any atom is 0.169 e. The first-order chi connectivity index (χ1) is 11.2. The Kier molecular flexibility index (Phi) is 4.53. The minimum absolute atomic E-state index is 0.0888. The average molecular weight is 323 g/mol. The van der Waals surface area contributed by atoms with Gasteiger partial charge in [0.05, 0.1) is 19.2 Å². The van der Waals surface area contributed by atoms with Gasteiger partial charge in [-0.1, -0.05) is 42.0 Å². The van der Waals surface area contributed by atoms with Gasteiger partial charge >= 0.3 is 0 Å². The molecule has 0 N–H and O–H groups in total. The predicted octanol–water partition coefficient (Wildman–Crippen LogP) is 4.55. The van der Waals surface area contributed by atoms with Crippen molar-refractivity contribution < 1.29 is 9.53 Å². The number of carbonyl (C=O) groups is 1. The topological polar surface area (TPSA) is 39.2 Å². The van der Waals surface area contributed by atoms with Gasteiger partial charge in [-0.05, 0) is 19.1 Å². The van der Waals surface area contributed by atoms with Crippen molar-refractivity contribution in [3.8, 4) is 17.0 Å². The van der Waals surface area contributed by atoms with Crippen LogP contribution in [0.1, 0.15) is 20.9 Å². The maximum absolute atomic E-state index is 12.3. The molecule has 0 radical (unpaired) electrons. The molecule has 23 heavy (non-hydrogen) atoms. The van der Waals surface area contributed by atoms with Crippen LogP contribution in [0.4, 0.5) is 0 Å². The molecule has 3 nitrogen and oxygen atoms in total. The molecule has 0 aliphatic rings. The van der Waals surface area contributed by atoms with E-state index in [-0.39, 0.29) is 5.78 Å². The van der Waals surface area contributed by atoms with Gasteiger partial charge in [0.15, 0.2) is 5.78 Å². The van der Waals surface area contributed by atoms with Crippen LogP contribution in [0.2, 0.25) is 0 Å². The molecule has 1 heterocycles. The van der Waals surface area contributed by atoms with Crippen molar-refractivity contribution in [3.05, 3.63) is 70.0 Å². The number of para-hydroxylation sites is 1. The van der Waals surface area contributed by atoms with E-state index < -0.39 is 0 Å². The summed E-state index contributed by atoms with van der Waals surface area (Å²) in [5, 5.41) is 2.78. The predicted molar refractivity (Wildman–Crippen MR) is 93.3 cm³/mol. The van der Waals surface area contributed by atoms with Gasteiger partial charge in [0, 0.05) is 16.5 Å². The van der Waals surface area contributed by atoms with E-state index >= 15 is 0 Å². The van der Waals surface area contributed by atoms with Crippen molar-refractivity contribution in [2.24, 2.45) is 0 Å². The van der Waals surface area contributed by atoms with Crippen molar-refractivity contribution in [1.82, 2.24) is 4.98 Å². The molecular formula is C19H17NO2S. The summed E-state index contributed by atoms with van der Waals surface area (Å²) in [4.78, 5) is 16.9. The number of thiazole rings is 1. The molecule has 0 fully saturated rings. The van der Waals surface area contributed by atoms with E-state index in [0.29, 0.717) is 6.42 Å². The van der Waals surface area contributed by atoms with Crippen LogP contribution in [0, 0.1) is 6.92 Å². The minimum atomic E-state index is 0.0888. The Bertz CT molecular complexity index is 821. The number of aromatic nitrogens is 1.